The number of thioether (sulfide) groups is 1. The van der Waals surface area contributed by atoms with Crippen molar-refractivity contribution in [3.8, 4) is 0 Å². The largest absolute Gasteiger partial charge is 0.313 e. The molecular formula is C13H20ClNS. The van der Waals surface area contributed by atoms with Crippen molar-refractivity contribution in [2.45, 2.75) is 32.2 Å². The summed E-state index contributed by atoms with van der Waals surface area (Å²) in [5.74, 6) is 1.80. The van der Waals surface area contributed by atoms with Crippen molar-refractivity contribution >= 4 is 23.4 Å². The molecule has 90 valence electrons. The summed E-state index contributed by atoms with van der Waals surface area (Å²) in [6, 6.07) is 6.14. The lowest BCUT2D eigenvalue weighted by Gasteiger charge is -2.12. The van der Waals surface area contributed by atoms with Crippen LogP contribution in [0.4, 0.5) is 0 Å². The number of nitrogens with one attached hydrogen (secondary N) is 1. The first kappa shape index (κ1) is 13.9. The molecule has 0 unspecified atom stereocenters. The highest BCUT2D eigenvalue weighted by molar-refractivity contribution is 7.99. The molecule has 0 saturated carbocycles. The van der Waals surface area contributed by atoms with Crippen LogP contribution in [0.1, 0.15) is 26.3 Å². The highest BCUT2D eigenvalue weighted by Gasteiger charge is 2.08. The minimum absolute atomic E-state index is 0.688. The van der Waals surface area contributed by atoms with Crippen LogP contribution in [-0.4, -0.2) is 12.3 Å². The molecule has 0 fully saturated rings. The Morgan fingerprint density at radius 1 is 1.38 bits per heavy atom. The lowest BCUT2D eigenvalue weighted by Crippen LogP contribution is -2.12. The van der Waals surface area contributed by atoms with Gasteiger partial charge in [-0.15, -0.1) is 11.8 Å². The minimum Gasteiger partial charge on any atom is -0.313 e. The van der Waals surface area contributed by atoms with Crippen molar-refractivity contribution in [3.05, 3.63) is 28.8 Å². The highest BCUT2D eigenvalue weighted by Crippen LogP contribution is 2.31. The highest BCUT2D eigenvalue weighted by atomic mass is 35.5. The van der Waals surface area contributed by atoms with Crippen LogP contribution >= 0.6 is 23.4 Å². The van der Waals surface area contributed by atoms with Gasteiger partial charge in [0.15, 0.2) is 0 Å². The third-order valence-electron chi connectivity index (χ3n) is 2.17. The molecular weight excluding hydrogens is 238 g/mol. The van der Waals surface area contributed by atoms with Gasteiger partial charge in [0.2, 0.25) is 0 Å². The predicted molar refractivity (Wildman–Crippen MR) is 74.4 cm³/mol. The van der Waals surface area contributed by atoms with Gasteiger partial charge in [-0.2, -0.15) is 0 Å². The molecule has 1 aromatic carbocycles. The summed E-state index contributed by atoms with van der Waals surface area (Å²) < 4.78 is 0. The van der Waals surface area contributed by atoms with Gasteiger partial charge in [0.05, 0.1) is 5.02 Å². The lowest BCUT2D eigenvalue weighted by atomic mass is 10.2. The fourth-order valence-electron chi connectivity index (χ4n) is 1.36. The van der Waals surface area contributed by atoms with Crippen molar-refractivity contribution in [1.29, 1.82) is 0 Å². The summed E-state index contributed by atoms with van der Waals surface area (Å²) in [5, 5.41) is 4.22. The van der Waals surface area contributed by atoms with Gasteiger partial charge < -0.3 is 5.32 Å². The molecule has 1 aromatic rings. The minimum atomic E-state index is 0.688. The summed E-state index contributed by atoms with van der Waals surface area (Å²) in [4.78, 5) is 1.24. The van der Waals surface area contributed by atoms with E-state index >= 15 is 0 Å². The Morgan fingerprint density at radius 2 is 2.12 bits per heavy atom. The average molecular weight is 258 g/mol. The van der Waals surface area contributed by atoms with Crippen LogP contribution in [0, 0.1) is 5.92 Å². The van der Waals surface area contributed by atoms with E-state index in [0.717, 1.165) is 23.9 Å². The summed E-state index contributed by atoms with van der Waals surface area (Å²) >= 11 is 8.10. The van der Waals surface area contributed by atoms with Gasteiger partial charge >= 0.3 is 0 Å². The fraction of sp³-hybridized carbons (Fsp3) is 0.538. The molecule has 0 bridgehead atoms. The number of hydrogen-bond donors (Lipinski definition) is 1. The number of halogens is 1. The SMILES string of the molecule is CCNCc1cccc(Cl)c1SCC(C)C. The van der Waals surface area contributed by atoms with E-state index in [1.54, 1.807) is 0 Å². The number of benzene rings is 1. The van der Waals surface area contributed by atoms with E-state index < -0.39 is 0 Å². The molecule has 1 rings (SSSR count). The van der Waals surface area contributed by atoms with Gasteiger partial charge in [0.1, 0.15) is 0 Å². The van der Waals surface area contributed by atoms with E-state index in [0.29, 0.717) is 5.92 Å². The molecule has 0 aliphatic rings. The summed E-state index contributed by atoms with van der Waals surface area (Å²) in [6.07, 6.45) is 0. The molecule has 0 aliphatic heterocycles. The van der Waals surface area contributed by atoms with Crippen molar-refractivity contribution in [2.75, 3.05) is 12.3 Å². The molecule has 0 radical (unpaired) electrons. The average Bonchev–Trinajstić information content (AvgIpc) is 2.24. The quantitative estimate of drug-likeness (QED) is 0.767. The summed E-state index contributed by atoms with van der Waals surface area (Å²) in [6.45, 7) is 8.46. The fourth-order valence-corrected chi connectivity index (χ4v) is 2.75. The zero-order valence-corrected chi connectivity index (χ0v) is 11.8. The third-order valence-corrected chi connectivity index (χ3v) is 4.21. The lowest BCUT2D eigenvalue weighted by molar-refractivity contribution is 0.716. The molecule has 0 aromatic heterocycles. The van der Waals surface area contributed by atoms with E-state index in [1.807, 2.05) is 23.9 Å². The summed E-state index contributed by atoms with van der Waals surface area (Å²) in [5.41, 5.74) is 1.31. The Hall–Kier alpha value is -0.180. The van der Waals surface area contributed by atoms with Crippen LogP contribution < -0.4 is 5.32 Å². The van der Waals surface area contributed by atoms with E-state index in [2.05, 4.69) is 32.2 Å². The Morgan fingerprint density at radius 3 is 2.75 bits per heavy atom. The van der Waals surface area contributed by atoms with Crippen molar-refractivity contribution < 1.29 is 0 Å². The molecule has 0 spiro atoms. The zero-order chi connectivity index (χ0) is 12.0. The molecule has 1 N–H and O–H groups in total. The normalized spacial score (nSPS) is 11.1. The molecule has 0 saturated heterocycles. The first-order chi connectivity index (χ1) is 7.65. The van der Waals surface area contributed by atoms with Crippen molar-refractivity contribution in [3.63, 3.8) is 0 Å². The molecule has 1 nitrogen and oxygen atoms in total. The second-order valence-electron chi connectivity index (χ2n) is 4.21. The molecule has 0 aliphatic carbocycles. The van der Waals surface area contributed by atoms with Crippen LogP contribution in [0.15, 0.2) is 23.1 Å². The first-order valence-corrected chi connectivity index (χ1v) is 7.12. The van der Waals surface area contributed by atoms with Crippen LogP contribution in [0.5, 0.6) is 0 Å². The Labute approximate surface area is 108 Å². The van der Waals surface area contributed by atoms with Gasteiger partial charge in [0, 0.05) is 17.2 Å². The first-order valence-electron chi connectivity index (χ1n) is 5.76. The van der Waals surface area contributed by atoms with E-state index in [4.69, 9.17) is 11.6 Å². The Balaban J connectivity index is 2.77. The van der Waals surface area contributed by atoms with Crippen LogP contribution in [0.2, 0.25) is 5.02 Å². The zero-order valence-electron chi connectivity index (χ0n) is 10.2. The van der Waals surface area contributed by atoms with Gasteiger partial charge in [-0.25, -0.2) is 0 Å². The second kappa shape index (κ2) is 7.21. The van der Waals surface area contributed by atoms with Gasteiger partial charge in [0.25, 0.3) is 0 Å². The summed E-state index contributed by atoms with van der Waals surface area (Å²) in [7, 11) is 0. The second-order valence-corrected chi connectivity index (χ2v) is 5.65. The smallest absolute Gasteiger partial charge is 0.0545 e. The third kappa shape index (κ3) is 4.36. The van der Waals surface area contributed by atoms with Gasteiger partial charge in [-0.3, -0.25) is 0 Å². The molecule has 0 heterocycles. The maximum atomic E-state index is 6.24. The Kier molecular flexibility index (Phi) is 6.25. The van der Waals surface area contributed by atoms with E-state index in [-0.39, 0.29) is 0 Å². The van der Waals surface area contributed by atoms with Crippen molar-refractivity contribution in [1.82, 2.24) is 5.32 Å². The number of hydrogen-bond acceptors (Lipinski definition) is 2. The van der Waals surface area contributed by atoms with Gasteiger partial charge in [-0.05, 0) is 24.1 Å². The molecule has 3 heteroatoms. The van der Waals surface area contributed by atoms with Gasteiger partial charge in [-0.1, -0.05) is 44.5 Å². The van der Waals surface area contributed by atoms with E-state index in [1.165, 1.54) is 10.5 Å². The molecule has 0 atom stereocenters. The molecule has 16 heavy (non-hydrogen) atoms. The standard InChI is InChI=1S/C13H20ClNS/c1-4-15-8-11-6-5-7-12(14)13(11)16-9-10(2)3/h5-7,10,15H,4,8-9H2,1-3H3. The monoisotopic (exact) mass is 257 g/mol. The predicted octanol–water partition coefficient (Wildman–Crippen LogP) is 4.20. The Bertz CT molecular complexity index is 326. The van der Waals surface area contributed by atoms with E-state index in [9.17, 15) is 0 Å². The van der Waals surface area contributed by atoms with Crippen LogP contribution in [0.25, 0.3) is 0 Å². The van der Waals surface area contributed by atoms with Crippen LogP contribution in [0.3, 0.4) is 0 Å². The number of rotatable bonds is 6. The van der Waals surface area contributed by atoms with Crippen molar-refractivity contribution in [2.24, 2.45) is 5.92 Å². The topological polar surface area (TPSA) is 12.0 Å². The molecule has 0 amide bonds. The maximum Gasteiger partial charge on any atom is 0.0545 e. The maximum absolute atomic E-state index is 6.24. The van der Waals surface area contributed by atoms with Crippen LogP contribution in [-0.2, 0) is 6.54 Å².